The highest BCUT2D eigenvalue weighted by Crippen LogP contribution is 2.01. The Hall–Kier alpha value is -1.36. The van der Waals surface area contributed by atoms with Gasteiger partial charge < -0.3 is 15.6 Å². The molecule has 0 heterocycles. The number of ether oxygens (including phenoxy) is 1. The molecule has 0 aromatic rings. The second-order valence-electron chi connectivity index (χ2n) is 3.12. The fourth-order valence-corrected chi connectivity index (χ4v) is 0.920. The Morgan fingerprint density at radius 3 is 2.33 bits per heavy atom. The molecule has 0 rings (SSSR count). The van der Waals surface area contributed by atoms with E-state index in [0.29, 0.717) is 6.42 Å². The summed E-state index contributed by atoms with van der Waals surface area (Å²) in [7, 11) is 0. The SMILES string of the molecule is C=C(C(N)=O)C(=O)OCCCCCCO. The van der Waals surface area contributed by atoms with Crippen LogP contribution in [0.2, 0.25) is 0 Å². The second-order valence-corrected chi connectivity index (χ2v) is 3.12. The van der Waals surface area contributed by atoms with Gasteiger partial charge in [0.25, 0.3) is 5.91 Å². The molecule has 0 saturated heterocycles. The largest absolute Gasteiger partial charge is 0.462 e. The highest BCUT2D eigenvalue weighted by Gasteiger charge is 2.13. The lowest BCUT2D eigenvalue weighted by Crippen LogP contribution is -2.21. The minimum absolute atomic E-state index is 0.179. The molecule has 0 aliphatic heterocycles. The van der Waals surface area contributed by atoms with E-state index in [2.05, 4.69) is 6.58 Å². The van der Waals surface area contributed by atoms with Crippen molar-refractivity contribution in [3.05, 3.63) is 12.2 Å². The number of carbonyl (C=O) groups excluding carboxylic acids is 2. The molecule has 0 atom stereocenters. The number of unbranched alkanes of at least 4 members (excludes halogenated alkanes) is 3. The smallest absolute Gasteiger partial charge is 0.343 e. The summed E-state index contributed by atoms with van der Waals surface area (Å²) in [6, 6.07) is 0. The highest BCUT2D eigenvalue weighted by atomic mass is 16.5. The summed E-state index contributed by atoms with van der Waals surface area (Å²) in [6.45, 7) is 3.63. The number of primary amides is 1. The van der Waals surface area contributed by atoms with Crippen LogP contribution < -0.4 is 5.73 Å². The molecule has 0 aliphatic carbocycles. The van der Waals surface area contributed by atoms with Crippen LogP contribution in [0, 0.1) is 0 Å². The van der Waals surface area contributed by atoms with Gasteiger partial charge in [0.15, 0.2) is 0 Å². The zero-order chi connectivity index (χ0) is 11.7. The zero-order valence-electron chi connectivity index (χ0n) is 8.70. The number of hydrogen-bond acceptors (Lipinski definition) is 4. The fraction of sp³-hybridized carbons (Fsp3) is 0.600. The average Bonchev–Trinajstić information content (AvgIpc) is 2.21. The van der Waals surface area contributed by atoms with E-state index in [9.17, 15) is 9.59 Å². The van der Waals surface area contributed by atoms with Crippen LogP contribution in [0.3, 0.4) is 0 Å². The van der Waals surface area contributed by atoms with Crippen molar-refractivity contribution in [2.75, 3.05) is 13.2 Å². The van der Waals surface area contributed by atoms with Crippen LogP contribution in [0.25, 0.3) is 0 Å². The van der Waals surface area contributed by atoms with Gasteiger partial charge in [0.2, 0.25) is 0 Å². The molecule has 0 aliphatic rings. The molecule has 0 saturated carbocycles. The summed E-state index contributed by atoms with van der Waals surface area (Å²) in [5, 5.41) is 8.50. The molecule has 0 spiro atoms. The summed E-state index contributed by atoms with van der Waals surface area (Å²) < 4.78 is 4.74. The van der Waals surface area contributed by atoms with Crippen molar-refractivity contribution in [2.45, 2.75) is 25.7 Å². The van der Waals surface area contributed by atoms with Crippen LogP contribution in [0.5, 0.6) is 0 Å². The van der Waals surface area contributed by atoms with Crippen LogP contribution in [-0.2, 0) is 14.3 Å². The van der Waals surface area contributed by atoms with Crippen molar-refractivity contribution in [1.29, 1.82) is 0 Å². The third-order valence-electron chi connectivity index (χ3n) is 1.83. The van der Waals surface area contributed by atoms with Gasteiger partial charge in [-0.2, -0.15) is 0 Å². The normalized spacial score (nSPS) is 9.67. The predicted octanol–water partition coefficient (Wildman–Crippen LogP) is 0.124. The van der Waals surface area contributed by atoms with E-state index in [1.54, 1.807) is 0 Å². The van der Waals surface area contributed by atoms with Crippen molar-refractivity contribution in [1.82, 2.24) is 0 Å². The Balaban J connectivity index is 3.47. The molecule has 0 aromatic carbocycles. The maximum Gasteiger partial charge on any atom is 0.343 e. The van der Waals surface area contributed by atoms with Gasteiger partial charge in [-0.15, -0.1) is 0 Å². The van der Waals surface area contributed by atoms with Crippen LogP contribution in [0.4, 0.5) is 0 Å². The lowest BCUT2D eigenvalue weighted by atomic mass is 10.2. The lowest BCUT2D eigenvalue weighted by Gasteiger charge is -2.04. The first kappa shape index (κ1) is 13.6. The van der Waals surface area contributed by atoms with Gasteiger partial charge in [0.05, 0.1) is 6.61 Å². The second kappa shape index (κ2) is 7.99. The van der Waals surface area contributed by atoms with Crippen LogP contribution in [-0.4, -0.2) is 30.2 Å². The summed E-state index contributed by atoms with van der Waals surface area (Å²) in [6.07, 6.45) is 3.22. The molecule has 5 nitrogen and oxygen atoms in total. The van der Waals surface area contributed by atoms with Gasteiger partial charge in [-0.05, 0) is 19.3 Å². The molecule has 3 N–H and O–H groups in total. The van der Waals surface area contributed by atoms with Gasteiger partial charge in [-0.3, -0.25) is 4.79 Å². The van der Waals surface area contributed by atoms with Gasteiger partial charge >= 0.3 is 5.97 Å². The minimum atomic E-state index is -0.861. The van der Waals surface area contributed by atoms with Crippen LogP contribution in [0.15, 0.2) is 12.2 Å². The number of hydrogen-bond donors (Lipinski definition) is 2. The monoisotopic (exact) mass is 215 g/mol. The molecular formula is C10H17NO4. The summed E-state index contributed by atoms with van der Waals surface area (Å²) in [5.74, 6) is -1.62. The first-order valence-corrected chi connectivity index (χ1v) is 4.86. The number of rotatable bonds is 8. The Labute approximate surface area is 88.9 Å². The predicted molar refractivity (Wildman–Crippen MR) is 54.8 cm³/mol. The summed E-state index contributed by atoms with van der Waals surface area (Å²) >= 11 is 0. The zero-order valence-corrected chi connectivity index (χ0v) is 8.70. The number of aliphatic hydroxyl groups is 1. The van der Waals surface area contributed by atoms with Gasteiger partial charge in [0, 0.05) is 6.61 Å². The van der Waals surface area contributed by atoms with Crippen LogP contribution in [0.1, 0.15) is 25.7 Å². The number of amides is 1. The maximum absolute atomic E-state index is 11.0. The molecule has 0 bridgehead atoms. The Morgan fingerprint density at radius 2 is 1.80 bits per heavy atom. The van der Waals surface area contributed by atoms with Crippen molar-refractivity contribution < 1.29 is 19.4 Å². The molecular weight excluding hydrogens is 198 g/mol. The van der Waals surface area contributed by atoms with E-state index >= 15 is 0 Å². The van der Waals surface area contributed by atoms with E-state index in [0.717, 1.165) is 19.3 Å². The summed E-state index contributed by atoms with van der Waals surface area (Å²) in [4.78, 5) is 21.5. The Bertz CT molecular complexity index is 238. The van der Waals surface area contributed by atoms with Crippen molar-refractivity contribution in [3.8, 4) is 0 Å². The van der Waals surface area contributed by atoms with Gasteiger partial charge in [-0.1, -0.05) is 13.0 Å². The number of carbonyl (C=O) groups is 2. The Kier molecular flexibility index (Phi) is 7.27. The molecule has 15 heavy (non-hydrogen) atoms. The molecule has 86 valence electrons. The third kappa shape index (κ3) is 6.68. The van der Waals surface area contributed by atoms with E-state index in [-0.39, 0.29) is 18.8 Å². The standard InChI is InChI=1S/C10H17NO4/c1-8(9(11)13)10(14)15-7-5-3-2-4-6-12/h12H,1-7H2,(H2,11,13). The lowest BCUT2D eigenvalue weighted by molar-refractivity contribution is -0.140. The molecule has 5 heteroatoms. The van der Waals surface area contributed by atoms with E-state index in [1.165, 1.54) is 0 Å². The molecule has 1 amide bonds. The average molecular weight is 215 g/mol. The molecule has 0 unspecified atom stereocenters. The quantitative estimate of drug-likeness (QED) is 0.198. The Morgan fingerprint density at radius 1 is 1.20 bits per heavy atom. The maximum atomic E-state index is 11.0. The number of nitrogens with two attached hydrogens (primary N) is 1. The first-order chi connectivity index (χ1) is 7.09. The fourth-order valence-electron chi connectivity index (χ4n) is 0.920. The number of aliphatic hydroxyl groups excluding tert-OH is 1. The molecule has 0 radical (unpaired) electrons. The topological polar surface area (TPSA) is 89.6 Å². The van der Waals surface area contributed by atoms with Gasteiger partial charge in [-0.25, -0.2) is 4.79 Å². The molecule has 0 aromatic heterocycles. The van der Waals surface area contributed by atoms with Crippen molar-refractivity contribution in [3.63, 3.8) is 0 Å². The minimum Gasteiger partial charge on any atom is -0.462 e. The van der Waals surface area contributed by atoms with Crippen LogP contribution >= 0.6 is 0 Å². The molecule has 0 fully saturated rings. The van der Waals surface area contributed by atoms with Crippen molar-refractivity contribution in [2.24, 2.45) is 5.73 Å². The van der Waals surface area contributed by atoms with E-state index < -0.39 is 11.9 Å². The van der Waals surface area contributed by atoms with E-state index in [1.807, 2.05) is 0 Å². The summed E-state index contributed by atoms with van der Waals surface area (Å²) in [5.41, 5.74) is 4.51. The van der Waals surface area contributed by atoms with Crippen molar-refractivity contribution >= 4 is 11.9 Å². The van der Waals surface area contributed by atoms with E-state index in [4.69, 9.17) is 15.6 Å². The highest BCUT2D eigenvalue weighted by molar-refractivity contribution is 6.15. The van der Waals surface area contributed by atoms with Gasteiger partial charge in [0.1, 0.15) is 5.57 Å². The number of esters is 1. The third-order valence-corrected chi connectivity index (χ3v) is 1.83. The first-order valence-electron chi connectivity index (χ1n) is 4.86.